The van der Waals surface area contributed by atoms with Crippen molar-refractivity contribution >= 4 is 5.91 Å². The predicted octanol–water partition coefficient (Wildman–Crippen LogP) is 1.94. The molecule has 2 N–H and O–H groups in total. The Morgan fingerprint density at radius 1 is 1.35 bits per heavy atom. The average molecular weight is 283 g/mol. The average Bonchev–Trinajstić information content (AvgIpc) is 2.67. The normalized spacial score (nSPS) is 20.9. The third-order valence-electron chi connectivity index (χ3n) is 4.57. The van der Waals surface area contributed by atoms with Crippen molar-refractivity contribution in [3.8, 4) is 0 Å². The molecule has 0 aromatic heterocycles. The van der Waals surface area contributed by atoms with E-state index < -0.39 is 0 Å². The molecule has 0 bridgehead atoms. The van der Waals surface area contributed by atoms with Gasteiger partial charge in [-0.2, -0.15) is 0 Å². The second-order valence-corrected chi connectivity index (χ2v) is 6.48. The van der Waals surface area contributed by atoms with Crippen LogP contribution in [0, 0.1) is 11.8 Å². The Balaban J connectivity index is 2.26. The zero-order chi connectivity index (χ0) is 15.0. The van der Waals surface area contributed by atoms with Crippen molar-refractivity contribution in [2.24, 2.45) is 17.6 Å². The summed E-state index contributed by atoms with van der Waals surface area (Å²) in [4.78, 5) is 16.3. The molecule has 0 saturated carbocycles. The summed E-state index contributed by atoms with van der Waals surface area (Å²) in [6.45, 7) is 9.32. The lowest BCUT2D eigenvalue weighted by Gasteiger charge is -2.23. The summed E-state index contributed by atoms with van der Waals surface area (Å²) >= 11 is 0. The molecule has 1 fully saturated rings. The fourth-order valence-corrected chi connectivity index (χ4v) is 2.97. The van der Waals surface area contributed by atoms with E-state index in [1.165, 1.54) is 19.3 Å². The molecule has 20 heavy (non-hydrogen) atoms. The largest absolute Gasteiger partial charge is 0.346 e. The highest BCUT2D eigenvalue weighted by molar-refractivity contribution is 5.76. The Hall–Kier alpha value is -0.610. The third kappa shape index (κ3) is 6.23. The van der Waals surface area contributed by atoms with E-state index in [4.69, 9.17) is 5.73 Å². The van der Waals surface area contributed by atoms with Gasteiger partial charge in [0.05, 0.1) is 0 Å². The van der Waals surface area contributed by atoms with Crippen LogP contribution in [-0.4, -0.2) is 55.5 Å². The third-order valence-corrected chi connectivity index (χ3v) is 4.57. The smallest absolute Gasteiger partial charge is 0.223 e. The number of hydrogen-bond acceptors (Lipinski definition) is 3. The molecule has 118 valence electrons. The summed E-state index contributed by atoms with van der Waals surface area (Å²) in [5, 5.41) is 0. The fraction of sp³-hybridized carbons (Fsp3) is 0.938. The van der Waals surface area contributed by atoms with Gasteiger partial charge in [-0.15, -0.1) is 0 Å². The molecule has 1 saturated heterocycles. The monoisotopic (exact) mass is 283 g/mol. The summed E-state index contributed by atoms with van der Waals surface area (Å²) in [6.07, 6.45) is 5.45. The summed E-state index contributed by atoms with van der Waals surface area (Å²) in [7, 11) is 1.88. The van der Waals surface area contributed by atoms with Crippen LogP contribution < -0.4 is 5.73 Å². The SMILES string of the molecule is CC(C)C1CCCN(CCC(=O)N(C)CCCN)CC1. The molecule has 0 aliphatic carbocycles. The zero-order valence-corrected chi connectivity index (χ0v) is 13.6. The Morgan fingerprint density at radius 3 is 2.75 bits per heavy atom. The number of likely N-dealkylation sites (tertiary alicyclic amines) is 1. The molecule has 1 atom stereocenters. The molecule has 4 heteroatoms. The highest BCUT2D eigenvalue weighted by atomic mass is 16.2. The summed E-state index contributed by atoms with van der Waals surface area (Å²) in [6, 6.07) is 0. The molecule has 1 rings (SSSR count). The summed E-state index contributed by atoms with van der Waals surface area (Å²) in [5.74, 6) is 1.91. The molecule has 1 amide bonds. The number of amides is 1. The number of rotatable bonds is 7. The van der Waals surface area contributed by atoms with Gasteiger partial charge in [0.25, 0.3) is 0 Å². The minimum absolute atomic E-state index is 0.253. The molecule has 0 aromatic rings. The quantitative estimate of drug-likeness (QED) is 0.777. The summed E-state index contributed by atoms with van der Waals surface area (Å²) < 4.78 is 0. The van der Waals surface area contributed by atoms with Crippen LogP contribution in [0.1, 0.15) is 46.0 Å². The molecule has 1 heterocycles. The van der Waals surface area contributed by atoms with E-state index >= 15 is 0 Å². The van der Waals surface area contributed by atoms with E-state index in [-0.39, 0.29) is 5.91 Å². The van der Waals surface area contributed by atoms with Crippen LogP contribution >= 0.6 is 0 Å². The molecule has 0 spiro atoms. The van der Waals surface area contributed by atoms with Crippen LogP contribution in [0.2, 0.25) is 0 Å². The molecule has 1 unspecified atom stereocenters. The molecule has 0 aromatic carbocycles. The van der Waals surface area contributed by atoms with E-state index in [1.54, 1.807) is 0 Å². The second kappa shape index (κ2) is 9.35. The van der Waals surface area contributed by atoms with Crippen LogP contribution in [0.25, 0.3) is 0 Å². The highest BCUT2D eigenvalue weighted by Gasteiger charge is 2.20. The Morgan fingerprint density at radius 2 is 2.10 bits per heavy atom. The summed E-state index contributed by atoms with van der Waals surface area (Å²) in [5.41, 5.74) is 5.48. The lowest BCUT2D eigenvalue weighted by molar-refractivity contribution is -0.130. The van der Waals surface area contributed by atoms with Crippen molar-refractivity contribution in [3.63, 3.8) is 0 Å². The minimum Gasteiger partial charge on any atom is -0.346 e. The first-order chi connectivity index (χ1) is 9.54. The van der Waals surface area contributed by atoms with Gasteiger partial charge >= 0.3 is 0 Å². The minimum atomic E-state index is 0.253. The van der Waals surface area contributed by atoms with Crippen LogP contribution in [0.15, 0.2) is 0 Å². The lowest BCUT2D eigenvalue weighted by atomic mass is 9.89. The number of carbonyl (C=O) groups excluding carboxylic acids is 1. The Labute approximate surface area is 124 Å². The van der Waals surface area contributed by atoms with Gasteiger partial charge in [0.15, 0.2) is 0 Å². The van der Waals surface area contributed by atoms with Crippen LogP contribution in [0.4, 0.5) is 0 Å². The number of hydrogen-bond donors (Lipinski definition) is 1. The maximum Gasteiger partial charge on any atom is 0.223 e. The van der Waals surface area contributed by atoms with E-state index in [1.807, 2.05) is 11.9 Å². The van der Waals surface area contributed by atoms with Crippen molar-refractivity contribution in [1.82, 2.24) is 9.80 Å². The van der Waals surface area contributed by atoms with Gasteiger partial charge in [-0.3, -0.25) is 4.79 Å². The van der Waals surface area contributed by atoms with Gasteiger partial charge in [-0.25, -0.2) is 0 Å². The van der Waals surface area contributed by atoms with Gasteiger partial charge < -0.3 is 15.5 Å². The molecular weight excluding hydrogens is 250 g/mol. The van der Waals surface area contributed by atoms with Gasteiger partial charge in [0, 0.05) is 26.6 Å². The van der Waals surface area contributed by atoms with Gasteiger partial charge in [0.1, 0.15) is 0 Å². The van der Waals surface area contributed by atoms with Gasteiger partial charge in [-0.05, 0) is 57.2 Å². The van der Waals surface area contributed by atoms with Crippen molar-refractivity contribution in [2.75, 3.05) is 39.8 Å². The van der Waals surface area contributed by atoms with Crippen LogP contribution in [0.3, 0.4) is 0 Å². The predicted molar refractivity (Wildman–Crippen MR) is 84.5 cm³/mol. The van der Waals surface area contributed by atoms with Crippen LogP contribution in [0.5, 0.6) is 0 Å². The first-order valence-electron chi connectivity index (χ1n) is 8.21. The standard InChI is InChI=1S/C16H33N3O/c1-14(2)15-6-4-11-19(12-7-15)13-8-16(20)18(3)10-5-9-17/h14-15H,4-13,17H2,1-3H3. The molecule has 1 aliphatic rings. The second-order valence-electron chi connectivity index (χ2n) is 6.48. The highest BCUT2D eigenvalue weighted by Crippen LogP contribution is 2.24. The Kier molecular flexibility index (Phi) is 8.15. The van der Waals surface area contributed by atoms with Crippen LogP contribution in [-0.2, 0) is 4.79 Å². The fourth-order valence-electron chi connectivity index (χ4n) is 2.97. The Bertz CT molecular complexity index is 281. The van der Waals surface area contributed by atoms with Gasteiger partial charge in [-0.1, -0.05) is 13.8 Å². The number of nitrogens with zero attached hydrogens (tertiary/aromatic N) is 2. The first-order valence-corrected chi connectivity index (χ1v) is 8.21. The van der Waals surface area contributed by atoms with Crippen molar-refractivity contribution < 1.29 is 4.79 Å². The maximum atomic E-state index is 12.0. The number of nitrogens with two attached hydrogens (primary N) is 1. The maximum absolute atomic E-state index is 12.0. The van der Waals surface area contributed by atoms with E-state index in [2.05, 4.69) is 18.7 Å². The zero-order valence-electron chi connectivity index (χ0n) is 13.6. The van der Waals surface area contributed by atoms with E-state index in [0.29, 0.717) is 13.0 Å². The van der Waals surface area contributed by atoms with Crippen molar-refractivity contribution in [3.05, 3.63) is 0 Å². The van der Waals surface area contributed by atoms with Gasteiger partial charge in [0.2, 0.25) is 5.91 Å². The molecule has 0 radical (unpaired) electrons. The molecule has 4 nitrogen and oxygen atoms in total. The first kappa shape index (κ1) is 17.4. The van der Waals surface area contributed by atoms with Crippen molar-refractivity contribution in [2.45, 2.75) is 46.0 Å². The van der Waals surface area contributed by atoms with E-state index in [0.717, 1.165) is 44.4 Å². The molecule has 1 aliphatic heterocycles. The topological polar surface area (TPSA) is 49.6 Å². The lowest BCUT2D eigenvalue weighted by Crippen LogP contribution is -2.33. The number of carbonyl (C=O) groups is 1. The van der Waals surface area contributed by atoms with E-state index in [9.17, 15) is 4.79 Å². The molecular formula is C16H33N3O. The van der Waals surface area contributed by atoms with Crippen molar-refractivity contribution in [1.29, 1.82) is 0 Å².